The number of rotatable bonds is 6. The quantitative estimate of drug-likeness (QED) is 0.806. The first-order chi connectivity index (χ1) is 8.47. The molecule has 1 N–H and O–H groups in total. The van der Waals surface area contributed by atoms with E-state index in [0.717, 1.165) is 12.8 Å². The molecule has 18 heavy (non-hydrogen) atoms. The zero-order chi connectivity index (χ0) is 13.6. The Hall–Kier alpha value is -1.36. The van der Waals surface area contributed by atoms with E-state index >= 15 is 0 Å². The largest absolute Gasteiger partial charge is 0.274 e. The number of sulfonamides is 1. The number of carbonyl (C=O) groups excluding carboxylic acids is 1. The van der Waals surface area contributed by atoms with Crippen LogP contribution in [0.25, 0.3) is 0 Å². The Bertz CT molecular complexity index is 509. The summed E-state index contributed by atoms with van der Waals surface area (Å²) in [6.07, 6.45) is 2.89. The van der Waals surface area contributed by atoms with Crippen molar-refractivity contribution in [1.82, 2.24) is 4.72 Å². The molecule has 100 valence electrons. The van der Waals surface area contributed by atoms with E-state index in [-0.39, 0.29) is 11.3 Å². The van der Waals surface area contributed by atoms with Crippen molar-refractivity contribution in [2.75, 3.05) is 0 Å². The minimum Gasteiger partial charge on any atom is -0.274 e. The molecule has 1 amide bonds. The first-order valence-electron chi connectivity index (χ1n) is 6.08. The van der Waals surface area contributed by atoms with Crippen LogP contribution >= 0.6 is 0 Å². The molecule has 1 aromatic carbocycles. The maximum atomic E-state index is 12.0. The number of carbonyl (C=O) groups is 1. The molecule has 0 atom stereocenters. The lowest BCUT2D eigenvalue weighted by Gasteiger charge is -2.08. The van der Waals surface area contributed by atoms with Crippen LogP contribution in [0.5, 0.6) is 0 Å². The molecular formula is C13H19NO3S. The van der Waals surface area contributed by atoms with E-state index in [1.54, 1.807) is 25.1 Å². The summed E-state index contributed by atoms with van der Waals surface area (Å²) in [7, 11) is -3.73. The zero-order valence-corrected chi connectivity index (χ0v) is 11.6. The van der Waals surface area contributed by atoms with Crippen LogP contribution in [0, 0.1) is 6.92 Å². The number of unbranched alkanes of at least 4 members (excludes halogenated alkanes) is 2. The molecule has 0 aliphatic carbocycles. The van der Waals surface area contributed by atoms with Gasteiger partial charge in [0.1, 0.15) is 0 Å². The molecule has 0 aliphatic heterocycles. The van der Waals surface area contributed by atoms with Gasteiger partial charge in [0.25, 0.3) is 10.0 Å². The Morgan fingerprint density at radius 1 is 1.22 bits per heavy atom. The van der Waals surface area contributed by atoms with Gasteiger partial charge in [-0.2, -0.15) is 0 Å². The Labute approximate surface area is 108 Å². The van der Waals surface area contributed by atoms with E-state index < -0.39 is 15.9 Å². The molecule has 0 aliphatic rings. The van der Waals surface area contributed by atoms with E-state index in [0.29, 0.717) is 12.0 Å². The minimum atomic E-state index is -3.73. The number of aryl methyl sites for hydroxylation is 1. The summed E-state index contributed by atoms with van der Waals surface area (Å²) in [4.78, 5) is 11.7. The highest BCUT2D eigenvalue weighted by Crippen LogP contribution is 2.14. The van der Waals surface area contributed by atoms with Gasteiger partial charge >= 0.3 is 0 Å². The molecule has 4 nitrogen and oxygen atoms in total. The van der Waals surface area contributed by atoms with Gasteiger partial charge in [0, 0.05) is 6.42 Å². The van der Waals surface area contributed by atoms with E-state index in [2.05, 4.69) is 4.72 Å². The highest BCUT2D eigenvalue weighted by atomic mass is 32.2. The van der Waals surface area contributed by atoms with Crippen LogP contribution in [0.2, 0.25) is 0 Å². The first-order valence-corrected chi connectivity index (χ1v) is 7.57. The molecule has 5 heteroatoms. The van der Waals surface area contributed by atoms with Crippen LogP contribution < -0.4 is 4.72 Å². The molecule has 1 aromatic rings. The molecule has 0 saturated heterocycles. The van der Waals surface area contributed by atoms with Crippen LogP contribution in [-0.4, -0.2) is 14.3 Å². The molecule has 0 fully saturated rings. The summed E-state index contributed by atoms with van der Waals surface area (Å²) in [6.45, 7) is 3.73. The topological polar surface area (TPSA) is 63.2 Å². The highest BCUT2D eigenvalue weighted by molar-refractivity contribution is 7.90. The van der Waals surface area contributed by atoms with Crippen molar-refractivity contribution in [2.45, 2.75) is 44.4 Å². The maximum Gasteiger partial charge on any atom is 0.264 e. The summed E-state index contributed by atoms with van der Waals surface area (Å²) >= 11 is 0. The van der Waals surface area contributed by atoms with Crippen LogP contribution in [0.1, 0.15) is 38.2 Å². The summed E-state index contributed by atoms with van der Waals surface area (Å²) in [5.41, 5.74) is 0.631. The molecule has 1 rings (SSSR count). The van der Waals surface area contributed by atoms with Crippen molar-refractivity contribution in [3.63, 3.8) is 0 Å². The number of benzene rings is 1. The van der Waals surface area contributed by atoms with Gasteiger partial charge in [0.05, 0.1) is 4.90 Å². The van der Waals surface area contributed by atoms with Gasteiger partial charge < -0.3 is 0 Å². The van der Waals surface area contributed by atoms with Crippen molar-refractivity contribution in [3.05, 3.63) is 29.8 Å². The highest BCUT2D eigenvalue weighted by Gasteiger charge is 2.18. The third kappa shape index (κ3) is 4.14. The molecule has 0 radical (unpaired) electrons. The zero-order valence-electron chi connectivity index (χ0n) is 10.8. The van der Waals surface area contributed by atoms with Crippen LogP contribution in [0.15, 0.2) is 29.2 Å². The third-order valence-corrected chi connectivity index (χ3v) is 4.17. The standard InChI is InChI=1S/C13H19NO3S/c1-3-4-5-10-13(15)14-18(16,17)12-9-7-6-8-11(12)2/h6-9H,3-5,10H2,1-2H3,(H,14,15). The summed E-state index contributed by atoms with van der Waals surface area (Å²) < 4.78 is 26.0. The lowest BCUT2D eigenvalue weighted by atomic mass is 10.2. The van der Waals surface area contributed by atoms with Crippen molar-refractivity contribution < 1.29 is 13.2 Å². The Balaban J connectivity index is 2.71. The van der Waals surface area contributed by atoms with Crippen LogP contribution in [0.3, 0.4) is 0 Å². The van der Waals surface area contributed by atoms with E-state index in [4.69, 9.17) is 0 Å². The Morgan fingerprint density at radius 2 is 1.89 bits per heavy atom. The summed E-state index contributed by atoms with van der Waals surface area (Å²) in [6, 6.07) is 6.60. The molecule has 0 spiro atoms. The normalized spacial score (nSPS) is 11.2. The monoisotopic (exact) mass is 269 g/mol. The number of hydrogen-bond donors (Lipinski definition) is 1. The van der Waals surface area contributed by atoms with Gasteiger partial charge in [-0.1, -0.05) is 38.0 Å². The van der Waals surface area contributed by atoms with E-state index in [9.17, 15) is 13.2 Å². The van der Waals surface area contributed by atoms with Crippen molar-refractivity contribution in [2.24, 2.45) is 0 Å². The Kier molecular flexibility index (Phi) is 5.34. The molecule has 0 aromatic heterocycles. The maximum absolute atomic E-state index is 12.0. The van der Waals surface area contributed by atoms with Crippen molar-refractivity contribution in [1.29, 1.82) is 0 Å². The van der Waals surface area contributed by atoms with Crippen molar-refractivity contribution >= 4 is 15.9 Å². The SMILES string of the molecule is CCCCCC(=O)NS(=O)(=O)c1ccccc1C. The van der Waals surface area contributed by atoms with Crippen LogP contribution in [0.4, 0.5) is 0 Å². The number of nitrogens with one attached hydrogen (secondary N) is 1. The molecule has 0 unspecified atom stereocenters. The number of amides is 1. The summed E-state index contributed by atoms with van der Waals surface area (Å²) in [5.74, 6) is -0.438. The fraction of sp³-hybridized carbons (Fsp3) is 0.462. The van der Waals surface area contributed by atoms with Crippen LogP contribution in [-0.2, 0) is 14.8 Å². The van der Waals surface area contributed by atoms with Gasteiger partial charge in [-0.15, -0.1) is 0 Å². The van der Waals surface area contributed by atoms with E-state index in [1.807, 2.05) is 6.92 Å². The fourth-order valence-electron chi connectivity index (χ4n) is 1.65. The minimum absolute atomic E-state index is 0.161. The lowest BCUT2D eigenvalue weighted by molar-refractivity contribution is -0.119. The average molecular weight is 269 g/mol. The number of hydrogen-bond acceptors (Lipinski definition) is 3. The first kappa shape index (κ1) is 14.7. The van der Waals surface area contributed by atoms with Gasteiger partial charge in [0.2, 0.25) is 5.91 Å². The molecule has 0 bridgehead atoms. The van der Waals surface area contributed by atoms with Gasteiger partial charge in [-0.3, -0.25) is 4.79 Å². The van der Waals surface area contributed by atoms with Gasteiger partial charge in [-0.05, 0) is 25.0 Å². The van der Waals surface area contributed by atoms with Gasteiger partial charge in [-0.25, -0.2) is 13.1 Å². The van der Waals surface area contributed by atoms with Gasteiger partial charge in [0.15, 0.2) is 0 Å². The smallest absolute Gasteiger partial charge is 0.264 e. The predicted molar refractivity (Wildman–Crippen MR) is 70.6 cm³/mol. The molecule has 0 heterocycles. The second kappa shape index (κ2) is 6.54. The summed E-state index contributed by atoms with van der Waals surface area (Å²) in [5, 5.41) is 0. The molecular weight excluding hydrogens is 250 g/mol. The fourth-order valence-corrected chi connectivity index (χ4v) is 2.91. The van der Waals surface area contributed by atoms with Crippen molar-refractivity contribution in [3.8, 4) is 0 Å². The second-order valence-corrected chi connectivity index (χ2v) is 5.90. The Morgan fingerprint density at radius 3 is 2.50 bits per heavy atom. The molecule has 0 saturated carbocycles. The second-order valence-electron chi connectivity index (χ2n) is 4.25. The third-order valence-electron chi connectivity index (χ3n) is 2.64. The lowest BCUT2D eigenvalue weighted by Crippen LogP contribution is -2.30. The average Bonchev–Trinajstić information content (AvgIpc) is 2.29. The predicted octanol–water partition coefficient (Wildman–Crippen LogP) is 2.38. The van der Waals surface area contributed by atoms with E-state index in [1.165, 1.54) is 6.07 Å².